The third kappa shape index (κ3) is 2.84. The molecule has 0 aliphatic carbocycles. The highest BCUT2D eigenvalue weighted by molar-refractivity contribution is 6.30. The molecule has 0 aliphatic heterocycles. The van der Waals surface area contributed by atoms with Crippen molar-refractivity contribution in [2.75, 3.05) is 6.54 Å². The largest absolute Gasteiger partial charge is 0.330 e. The summed E-state index contributed by atoms with van der Waals surface area (Å²) in [5, 5.41) is 8.94. The van der Waals surface area contributed by atoms with Crippen molar-refractivity contribution in [3.05, 3.63) is 34.6 Å². The Morgan fingerprint density at radius 3 is 3.07 bits per heavy atom. The molecule has 0 aromatic carbocycles. The Bertz CT molecular complexity index is 379. The molecule has 0 saturated carbocycles. The monoisotopic (exact) mass is 207 g/mol. The van der Waals surface area contributed by atoms with Crippen molar-refractivity contribution < 1.29 is 0 Å². The fraction of sp³-hybridized carbons (Fsp3) is 0.200. The van der Waals surface area contributed by atoms with E-state index in [-0.39, 0.29) is 5.15 Å². The molecule has 0 saturated heterocycles. The Kier molecular flexibility index (Phi) is 4.11. The zero-order valence-electron chi connectivity index (χ0n) is 7.57. The van der Waals surface area contributed by atoms with E-state index in [9.17, 15) is 0 Å². The fourth-order valence-electron chi connectivity index (χ4n) is 0.949. The van der Waals surface area contributed by atoms with Crippen LogP contribution in [0.2, 0.25) is 5.15 Å². The minimum atomic E-state index is 0.239. The van der Waals surface area contributed by atoms with Crippen molar-refractivity contribution in [2.24, 2.45) is 5.73 Å². The van der Waals surface area contributed by atoms with Gasteiger partial charge in [-0.3, -0.25) is 0 Å². The van der Waals surface area contributed by atoms with Crippen LogP contribution < -0.4 is 5.73 Å². The average Bonchev–Trinajstić information content (AvgIpc) is 2.21. The van der Waals surface area contributed by atoms with Gasteiger partial charge in [0.1, 0.15) is 11.2 Å². The number of hydrogen-bond donors (Lipinski definition) is 1. The van der Waals surface area contributed by atoms with Crippen LogP contribution in [0.5, 0.6) is 0 Å². The maximum absolute atomic E-state index is 8.70. The normalized spacial score (nSPS) is 10.4. The Labute approximate surface area is 87.8 Å². The fourth-order valence-corrected chi connectivity index (χ4v) is 1.10. The number of aromatic nitrogens is 1. The van der Waals surface area contributed by atoms with Crippen LogP contribution in [0.1, 0.15) is 17.5 Å². The van der Waals surface area contributed by atoms with Crippen LogP contribution in [0.4, 0.5) is 0 Å². The number of nitrogens with zero attached hydrogens (tertiary/aromatic N) is 2. The van der Waals surface area contributed by atoms with Crippen molar-refractivity contribution in [2.45, 2.75) is 6.42 Å². The first-order valence-corrected chi connectivity index (χ1v) is 4.58. The second kappa shape index (κ2) is 5.38. The highest BCUT2D eigenvalue weighted by Gasteiger charge is 1.99. The molecule has 0 aliphatic rings. The maximum atomic E-state index is 8.70. The van der Waals surface area contributed by atoms with E-state index in [0.717, 1.165) is 12.0 Å². The van der Waals surface area contributed by atoms with Crippen molar-refractivity contribution in [1.29, 1.82) is 5.26 Å². The molecule has 2 N–H and O–H groups in total. The molecule has 1 heterocycles. The first-order chi connectivity index (χ1) is 6.77. The van der Waals surface area contributed by atoms with Gasteiger partial charge in [-0.1, -0.05) is 23.8 Å². The second-order valence-electron chi connectivity index (χ2n) is 2.70. The maximum Gasteiger partial charge on any atom is 0.146 e. The number of pyridine rings is 1. The van der Waals surface area contributed by atoms with Gasteiger partial charge in [0, 0.05) is 6.20 Å². The number of rotatable bonds is 3. The first-order valence-electron chi connectivity index (χ1n) is 4.20. The van der Waals surface area contributed by atoms with Gasteiger partial charge < -0.3 is 5.73 Å². The molecule has 0 radical (unpaired) electrons. The summed E-state index contributed by atoms with van der Waals surface area (Å²) >= 11 is 5.68. The summed E-state index contributed by atoms with van der Waals surface area (Å²) in [6.07, 6.45) is 6.24. The molecule has 72 valence electrons. The third-order valence-electron chi connectivity index (χ3n) is 1.62. The predicted molar refractivity (Wildman–Crippen MR) is 56.7 cm³/mol. The van der Waals surface area contributed by atoms with E-state index in [0.29, 0.717) is 12.1 Å². The zero-order chi connectivity index (χ0) is 10.4. The molecule has 0 spiro atoms. The lowest BCUT2D eigenvalue weighted by molar-refractivity contribution is 1.01. The first kappa shape index (κ1) is 10.7. The molecule has 0 amide bonds. The molecule has 3 nitrogen and oxygen atoms in total. The topological polar surface area (TPSA) is 62.7 Å². The second-order valence-corrected chi connectivity index (χ2v) is 3.06. The standard InChI is InChI=1S/C10H10ClN3/c11-10-9(6-13)5-8(7-14-10)3-1-2-4-12/h1,3,5,7H,2,4,12H2. The van der Waals surface area contributed by atoms with E-state index in [1.165, 1.54) is 0 Å². The van der Waals surface area contributed by atoms with Crippen LogP contribution in [0, 0.1) is 11.3 Å². The van der Waals surface area contributed by atoms with Gasteiger partial charge in [-0.05, 0) is 24.6 Å². The van der Waals surface area contributed by atoms with E-state index >= 15 is 0 Å². The summed E-state index contributed by atoms with van der Waals surface area (Å²) in [4.78, 5) is 3.89. The van der Waals surface area contributed by atoms with Gasteiger partial charge in [-0.15, -0.1) is 0 Å². The minimum absolute atomic E-state index is 0.239. The molecule has 1 aromatic rings. The van der Waals surface area contributed by atoms with Gasteiger partial charge in [-0.2, -0.15) is 5.26 Å². The molecule has 0 bridgehead atoms. The van der Waals surface area contributed by atoms with Gasteiger partial charge in [0.25, 0.3) is 0 Å². The van der Waals surface area contributed by atoms with Crippen LogP contribution in [-0.4, -0.2) is 11.5 Å². The number of halogens is 1. The van der Waals surface area contributed by atoms with E-state index in [1.807, 2.05) is 18.2 Å². The quantitative estimate of drug-likeness (QED) is 0.771. The van der Waals surface area contributed by atoms with Crippen LogP contribution >= 0.6 is 11.6 Å². The van der Waals surface area contributed by atoms with Crippen molar-refractivity contribution in [1.82, 2.24) is 4.98 Å². The van der Waals surface area contributed by atoms with Gasteiger partial charge in [0.15, 0.2) is 0 Å². The molecule has 0 atom stereocenters. The lowest BCUT2D eigenvalue weighted by Crippen LogP contribution is -1.95. The lowest BCUT2D eigenvalue weighted by Gasteiger charge is -1.95. The Morgan fingerprint density at radius 1 is 1.64 bits per heavy atom. The number of nitrogens with two attached hydrogens (primary N) is 1. The van der Waals surface area contributed by atoms with Crippen molar-refractivity contribution in [3.8, 4) is 6.07 Å². The van der Waals surface area contributed by atoms with Crippen molar-refractivity contribution in [3.63, 3.8) is 0 Å². The third-order valence-corrected chi connectivity index (χ3v) is 1.93. The van der Waals surface area contributed by atoms with Crippen LogP contribution in [0.15, 0.2) is 18.3 Å². The summed E-state index contributed by atoms with van der Waals surface area (Å²) in [5.41, 5.74) is 6.58. The summed E-state index contributed by atoms with van der Waals surface area (Å²) in [6, 6.07) is 3.67. The molecule has 1 rings (SSSR count). The average molecular weight is 208 g/mol. The van der Waals surface area contributed by atoms with E-state index < -0.39 is 0 Å². The summed E-state index contributed by atoms with van der Waals surface area (Å²) in [7, 11) is 0. The molecule has 14 heavy (non-hydrogen) atoms. The zero-order valence-corrected chi connectivity index (χ0v) is 8.33. The Balaban J connectivity index is 2.86. The molecule has 4 heteroatoms. The molecule has 0 unspecified atom stereocenters. The molecular weight excluding hydrogens is 198 g/mol. The Hall–Kier alpha value is -1.37. The van der Waals surface area contributed by atoms with Crippen LogP contribution in [-0.2, 0) is 0 Å². The summed E-state index contributed by atoms with van der Waals surface area (Å²) in [6.45, 7) is 0.614. The highest BCUT2D eigenvalue weighted by Crippen LogP contribution is 2.13. The van der Waals surface area contributed by atoms with E-state index in [4.69, 9.17) is 22.6 Å². The number of hydrogen-bond acceptors (Lipinski definition) is 3. The van der Waals surface area contributed by atoms with Gasteiger partial charge in [-0.25, -0.2) is 4.98 Å². The summed E-state index contributed by atoms with van der Waals surface area (Å²) < 4.78 is 0. The molecule has 0 fully saturated rings. The van der Waals surface area contributed by atoms with E-state index in [2.05, 4.69) is 4.98 Å². The van der Waals surface area contributed by atoms with Crippen molar-refractivity contribution >= 4 is 17.7 Å². The van der Waals surface area contributed by atoms with Gasteiger partial charge >= 0.3 is 0 Å². The Morgan fingerprint density at radius 2 is 2.43 bits per heavy atom. The van der Waals surface area contributed by atoms with Crippen LogP contribution in [0.25, 0.3) is 6.08 Å². The molecular formula is C10H10ClN3. The number of nitriles is 1. The smallest absolute Gasteiger partial charge is 0.146 e. The molecule has 1 aromatic heterocycles. The highest BCUT2D eigenvalue weighted by atomic mass is 35.5. The lowest BCUT2D eigenvalue weighted by atomic mass is 10.2. The van der Waals surface area contributed by atoms with Gasteiger partial charge in [0.05, 0.1) is 5.56 Å². The van der Waals surface area contributed by atoms with Gasteiger partial charge in [0.2, 0.25) is 0 Å². The SMILES string of the molecule is N#Cc1cc(C=CCCN)cnc1Cl. The predicted octanol–water partition coefficient (Wildman–Crippen LogP) is 1.97. The summed E-state index contributed by atoms with van der Waals surface area (Å²) in [5.74, 6) is 0. The van der Waals surface area contributed by atoms with Crippen LogP contribution in [0.3, 0.4) is 0 Å². The van der Waals surface area contributed by atoms with E-state index in [1.54, 1.807) is 12.3 Å². The minimum Gasteiger partial charge on any atom is -0.330 e.